The second-order valence-electron chi connectivity index (χ2n) is 6.10. The predicted octanol–water partition coefficient (Wildman–Crippen LogP) is -0.650. The van der Waals surface area contributed by atoms with Gasteiger partial charge in [0, 0.05) is 20.1 Å². The molecular formula is C15H22BrN5O5. The number of hydrogen-bond acceptors (Lipinski definition) is 8. The first-order valence-corrected chi connectivity index (χ1v) is 9.16. The number of aliphatic hydroxyl groups excluding tert-OH is 3. The van der Waals surface area contributed by atoms with Crippen LogP contribution in [0, 0.1) is 0 Å². The van der Waals surface area contributed by atoms with Crippen LogP contribution in [0.4, 0.5) is 5.95 Å². The third kappa shape index (κ3) is 2.83. The topological polar surface area (TPSA) is 126 Å². The van der Waals surface area contributed by atoms with Gasteiger partial charge in [-0.3, -0.25) is 13.9 Å². The molecule has 0 spiro atoms. The van der Waals surface area contributed by atoms with Crippen molar-refractivity contribution >= 4 is 33.0 Å². The van der Waals surface area contributed by atoms with Gasteiger partial charge in [0.25, 0.3) is 5.56 Å². The van der Waals surface area contributed by atoms with Gasteiger partial charge in [-0.15, -0.1) is 0 Å². The first-order valence-electron chi connectivity index (χ1n) is 8.37. The molecule has 11 heteroatoms. The average Bonchev–Trinajstić information content (AvgIpc) is 3.10. The Hall–Kier alpha value is -1.53. The lowest BCUT2D eigenvalue weighted by molar-refractivity contribution is -0.0521. The Kier molecular flexibility index (Phi) is 5.35. The van der Waals surface area contributed by atoms with Crippen LogP contribution in [0.3, 0.4) is 0 Å². The molecule has 0 aromatic carbocycles. The first kappa shape index (κ1) is 19.2. The van der Waals surface area contributed by atoms with E-state index in [2.05, 4.69) is 25.9 Å². The van der Waals surface area contributed by atoms with Gasteiger partial charge in [-0.05, 0) is 29.8 Å². The number of rotatable bonds is 5. The number of nitrogens with zero attached hydrogens (tertiary/aromatic N) is 5. The normalized spacial score (nSPS) is 26.0. The molecule has 1 fully saturated rings. The minimum absolute atomic E-state index is 0.119. The molecule has 3 heterocycles. The summed E-state index contributed by atoms with van der Waals surface area (Å²) < 4.78 is 8.66. The molecule has 0 saturated carbocycles. The van der Waals surface area contributed by atoms with Crippen LogP contribution in [0.1, 0.15) is 20.1 Å². The number of fused-ring (bicyclic) bond motifs is 1. The highest BCUT2D eigenvalue weighted by molar-refractivity contribution is 9.10. The van der Waals surface area contributed by atoms with Crippen molar-refractivity contribution in [2.75, 3.05) is 24.6 Å². The van der Waals surface area contributed by atoms with E-state index in [9.17, 15) is 20.1 Å². The summed E-state index contributed by atoms with van der Waals surface area (Å²) in [5, 5.41) is 29.7. The summed E-state index contributed by atoms with van der Waals surface area (Å²) >= 11 is 3.28. The van der Waals surface area contributed by atoms with Crippen molar-refractivity contribution in [1.29, 1.82) is 0 Å². The maximum absolute atomic E-state index is 12.7. The second-order valence-corrected chi connectivity index (χ2v) is 6.81. The number of ether oxygens (including phenoxy) is 1. The molecule has 3 N–H and O–H groups in total. The number of halogens is 1. The van der Waals surface area contributed by atoms with Gasteiger partial charge in [-0.25, -0.2) is 4.98 Å². The molecule has 1 aliphatic rings. The zero-order valence-corrected chi connectivity index (χ0v) is 16.3. The summed E-state index contributed by atoms with van der Waals surface area (Å²) in [6.45, 7) is 4.79. The fraction of sp³-hybridized carbons (Fsp3) is 0.667. The standard InChI is InChI=1S/C15H22BrN5O5/c1-4-20(5-2)15-18-11-8(12(25)19(15)3)17-14(16)21(11)13-10(24)9(23)7(6-22)26-13/h7,9-10,13,22-24H,4-6H2,1-3H3/t7-,9-,10-,13-/m1/s1. The van der Waals surface area contributed by atoms with Crippen molar-refractivity contribution in [3.8, 4) is 0 Å². The minimum atomic E-state index is -1.30. The lowest BCUT2D eigenvalue weighted by atomic mass is 10.1. The SMILES string of the molecule is CCN(CC)c1nc2c(nc(Br)n2[C@@H]2O[C@H](CO)[C@@H](O)[C@H]2O)c(=O)n1C. The molecule has 26 heavy (non-hydrogen) atoms. The fourth-order valence-corrected chi connectivity index (χ4v) is 3.72. The van der Waals surface area contributed by atoms with Crippen molar-refractivity contribution in [3.63, 3.8) is 0 Å². The Morgan fingerprint density at radius 2 is 1.88 bits per heavy atom. The van der Waals surface area contributed by atoms with E-state index < -0.39 is 31.1 Å². The van der Waals surface area contributed by atoms with E-state index in [4.69, 9.17) is 4.74 Å². The number of aliphatic hydroxyl groups is 3. The van der Waals surface area contributed by atoms with Crippen molar-refractivity contribution in [1.82, 2.24) is 19.1 Å². The molecule has 0 aliphatic carbocycles. The molecule has 10 nitrogen and oxygen atoms in total. The zero-order valence-electron chi connectivity index (χ0n) is 14.7. The molecule has 1 aliphatic heterocycles. The van der Waals surface area contributed by atoms with Crippen LogP contribution in [0.5, 0.6) is 0 Å². The summed E-state index contributed by atoms with van der Waals surface area (Å²) in [7, 11) is 1.63. The van der Waals surface area contributed by atoms with E-state index in [0.717, 1.165) is 0 Å². The Bertz CT molecular complexity index is 864. The Morgan fingerprint density at radius 3 is 2.42 bits per heavy atom. The van der Waals surface area contributed by atoms with Gasteiger partial charge in [0.05, 0.1) is 6.61 Å². The van der Waals surface area contributed by atoms with E-state index in [0.29, 0.717) is 19.0 Å². The van der Waals surface area contributed by atoms with Crippen LogP contribution in [0.15, 0.2) is 9.53 Å². The summed E-state index contributed by atoms with van der Waals surface area (Å²) in [6.07, 6.45) is -4.54. The summed E-state index contributed by atoms with van der Waals surface area (Å²) in [5.41, 5.74) is 0.0211. The molecule has 144 valence electrons. The summed E-state index contributed by atoms with van der Waals surface area (Å²) in [5.74, 6) is 0.466. The molecule has 1 saturated heterocycles. The van der Waals surface area contributed by atoms with Crippen molar-refractivity contribution < 1.29 is 20.1 Å². The Labute approximate surface area is 157 Å². The number of aromatic nitrogens is 4. The third-order valence-electron chi connectivity index (χ3n) is 4.67. The number of imidazole rings is 1. The van der Waals surface area contributed by atoms with E-state index in [-0.39, 0.29) is 21.5 Å². The predicted molar refractivity (Wildman–Crippen MR) is 97.0 cm³/mol. The van der Waals surface area contributed by atoms with Gasteiger partial charge in [0.15, 0.2) is 22.1 Å². The molecule has 0 radical (unpaired) electrons. The van der Waals surface area contributed by atoms with Gasteiger partial charge >= 0.3 is 0 Å². The highest BCUT2D eigenvalue weighted by Gasteiger charge is 2.45. The summed E-state index contributed by atoms with van der Waals surface area (Å²) in [6, 6.07) is 0. The van der Waals surface area contributed by atoms with E-state index in [1.54, 1.807) is 7.05 Å². The van der Waals surface area contributed by atoms with Gasteiger partial charge in [-0.2, -0.15) is 4.98 Å². The van der Waals surface area contributed by atoms with Gasteiger partial charge in [0.2, 0.25) is 5.95 Å². The minimum Gasteiger partial charge on any atom is -0.394 e. The highest BCUT2D eigenvalue weighted by Crippen LogP contribution is 2.34. The lowest BCUT2D eigenvalue weighted by Gasteiger charge is -2.23. The largest absolute Gasteiger partial charge is 0.394 e. The Morgan fingerprint density at radius 1 is 1.23 bits per heavy atom. The first-order chi connectivity index (χ1) is 12.3. The smallest absolute Gasteiger partial charge is 0.282 e. The Balaban J connectivity index is 2.21. The van der Waals surface area contributed by atoms with Gasteiger partial charge < -0.3 is 25.0 Å². The summed E-state index contributed by atoms with van der Waals surface area (Å²) in [4.78, 5) is 23.4. The quantitative estimate of drug-likeness (QED) is 0.533. The lowest BCUT2D eigenvalue weighted by Crippen LogP contribution is -2.33. The average molecular weight is 432 g/mol. The molecule has 2 aromatic rings. The molecule has 0 bridgehead atoms. The van der Waals surface area contributed by atoms with Gasteiger partial charge in [-0.1, -0.05) is 0 Å². The van der Waals surface area contributed by atoms with Crippen molar-refractivity contribution in [2.45, 2.75) is 38.4 Å². The van der Waals surface area contributed by atoms with Crippen LogP contribution in [0.2, 0.25) is 0 Å². The highest BCUT2D eigenvalue weighted by atomic mass is 79.9. The second kappa shape index (κ2) is 7.24. The van der Waals surface area contributed by atoms with Gasteiger partial charge in [0.1, 0.15) is 18.3 Å². The van der Waals surface area contributed by atoms with Crippen LogP contribution in [0.25, 0.3) is 11.2 Å². The third-order valence-corrected chi connectivity index (χ3v) is 5.23. The maximum atomic E-state index is 12.7. The van der Waals surface area contributed by atoms with E-state index >= 15 is 0 Å². The van der Waals surface area contributed by atoms with E-state index in [1.165, 1.54) is 9.13 Å². The maximum Gasteiger partial charge on any atom is 0.282 e. The van der Waals surface area contributed by atoms with Crippen LogP contribution in [-0.2, 0) is 11.8 Å². The molecule has 2 aromatic heterocycles. The molecule has 3 rings (SSSR count). The van der Waals surface area contributed by atoms with Crippen LogP contribution >= 0.6 is 15.9 Å². The molecule has 4 atom stereocenters. The van der Waals surface area contributed by atoms with Crippen LogP contribution < -0.4 is 10.5 Å². The molecule has 0 unspecified atom stereocenters. The number of hydrogen-bond donors (Lipinski definition) is 3. The fourth-order valence-electron chi connectivity index (χ4n) is 3.18. The zero-order chi connectivity index (χ0) is 19.2. The van der Waals surface area contributed by atoms with Crippen LogP contribution in [-0.4, -0.2) is 72.4 Å². The van der Waals surface area contributed by atoms with E-state index in [1.807, 2.05) is 18.7 Å². The van der Waals surface area contributed by atoms with Crippen molar-refractivity contribution in [2.24, 2.45) is 7.05 Å². The van der Waals surface area contributed by atoms with Crippen molar-refractivity contribution in [3.05, 3.63) is 15.1 Å². The monoisotopic (exact) mass is 431 g/mol. The molecule has 0 amide bonds. The number of anilines is 1. The molecular weight excluding hydrogens is 410 g/mol.